The zero-order chi connectivity index (χ0) is 12.8. The van der Waals surface area contributed by atoms with Crippen molar-refractivity contribution in [2.75, 3.05) is 0 Å². The molecule has 1 fully saturated rings. The van der Waals surface area contributed by atoms with Crippen molar-refractivity contribution in [3.05, 3.63) is 12.2 Å². The van der Waals surface area contributed by atoms with Crippen LogP contribution in [0, 0.1) is 11.8 Å². The van der Waals surface area contributed by atoms with Crippen LogP contribution in [0.5, 0.6) is 0 Å². The summed E-state index contributed by atoms with van der Waals surface area (Å²) in [7, 11) is 0. The Labute approximate surface area is 104 Å². The standard InChI is InChI=1S/C14H24O3/c1-3-4-5-6-11(15)7-8-12-10(2)13(16)9-14(12)17/h7-8,10-13,15-16H,3-6,9H2,1-2H3/b8-7+/t10-,11+,12-,13-/m1/s1. The molecule has 0 aliphatic heterocycles. The second-order valence-corrected chi connectivity index (χ2v) is 5.07. The first-order valence-electron chi connectivity index (χ1n) is 6.63. The topological polar surface area (TPSA) is 57.5 Å². The second-order valence-electron chi connectivity index (χ2n) is 5.07. The van der Waals surface area contributed by atoms with E-state index in [2.05, 4.69) is 6.92 Å². The molecule has 0 aromatic rings. The number of ketones is 1. The average molecular weight is 240 g/mol. The Morgan fingerprint density at radius 1 is 1.47 bits per heavy atom. The molecule has 0 amide bonds. The van der Waals surface area contributed by atoms with Crippen molar-refractivity contribution < 1.29 is 15.0 Å². The van der Waals surface area contributed by atoms with E-state index in [9.17, 15) is 15.0 Å². The predicted molar refractivity (Wildman–Crippen MR) is 67.6 cm³/mol. The molecule has 4 atom stereocenters. The minimum atomic E-state index is -0.519. The number of unbranched alkanes of at least 4 members (excludes halogenated alkanes) is 2. The molecule has 0 aromatic heterocycles. The van der Waals surface area contributed by atoms with Gasteiger partial charge in [0.25, 0.3) is 0 Å². The maximum atomic E-state index is 11.6. The molecule has 0 unspecified atom stereocenters. The van der Waals surface area contributed by atoms with Gasteiger partial charge < -0.3 is 10.2 Å². The Morgan fingerprint density at radius 3 is 2.71 bits per heavy atom. The molecule has 0 spiro atoms. The number of carbonyl (C=O) groups excluding carboxylic acids is 1. The number of allylic oxidation sites excluding steroid dienone is 1. The second kappa shape index (κ2) is 6.92. The molecule has 0 bridgehead atoms. The molecular formula is C14H24O3. The summed E-state index contributed by atoms with van der Waals surface area (Å²) >= 11 is 0. The van der Waals surface area contributed by atoms with Crippen LogP contribution in [-0.4, -0.2) is 28.2 Å². The SMILES string of the molecule is CCCCC[C@H](O)/C=C/[C@H]1C(=O)C[C@@H](O)[C@@H]1C. The van der Waals surface area contributed by atoms with Gasteiger partial charge in [-0.1, -0.05) is 45.3 Å². The summed E-state index contributed by atoms with van der Waals surface area (Å²) in [4.78, 5) is 11.6. The molecule has 17 heavy (non-hydrogen) atoms. The summed E-state index contributed by atoms with van der Waals surface area (Å²) in [6, 6.07) is 0. The van der Waals surface area contributed by atoms with Gasteiger partial charge in [-0.25, -0.2) is 0 Å². The highest BCUT2D eigenvalue weighted by Crippen LogP contribution is 2.29. The van der Waals surface area contributed by atoms with Crippen molar-refractivity contribution in [1.82, 2.24) is 0 Å². The molecule has 3 heteroatoms. The van der Waals surface area contributed by atoms with Crippen LogP contribution in [0.4, 0.5) is 0 Å². The van der Waals surface area contributed by atoms with E-state index in [1.54, 1.807) is 12.2 Å². The Kier molecular flexibility index (Phi) is 5.86. The van der Waals surface area contributed by atoms with E-state index >= 15 is 0 Å². The van der Waals surface area contributed by atoms with Gasteiger partial charge in [-0.05, 0) is 12.3 Å². The molecular weight excluding hydrogens is 216 g/mol. The molecule has 0 aromatic carbocycles. The first kappa shape index (κ1) is 14.4. The number of rotatable bonds is 6. The predicted octanol–water partition coefficient (Wildman–Crippen LogP) is 2.07. The van der Waals surface area contributed by atoms with E-state index in [1.807, 2.05) is 6.92 Å². The number of aliphatic hydroxyl groups is 2. The number of Topliss-reactive ketones (excluding diaryl/α,β-unsaturated/α-hetero) is 1. The van der Waals surface area contributed by atoms with Crippen molar-refractivity contribution in [3.63, 3.8) is 0 Å². The van der Waals surface area contributed by atoms with Gasteiger partial charge in [-0.3, -0.25) is 4.79 Å². The molecule has 2 N–H and O–H groups in total. The average Bonchev–Trinajstić information content (AvgIpc) is 2.51. The third-order valence-electron chi connectivity index (χ3n) is 3.60. The summed E-state index contributed by atoms with van der Waals surface area (Å²) in [5.74, 6) is -0.158. The molecule has 0 heterocycles. The lowest BCUT2D eigenvalue weighted by Gasteiger charge is -2.12. The molecule has 1 saturated carbocycles. The number of hydrogen-bond donors (Lipinski definition) is 2. The lowest BCUT2D eigenvalue weighted by molar-refractivity contribution is -0.120. The van der Waals surface area contributed by atoms with Gasteiger partial charge in [0.05, 0.1) is 12.2 Å². The van der Waals surface area contributed by atoms with Crippen molar-refractivity contribution in [2.45, 2.75) is 58.2 Å². The van der Waals surface area contributed by atoms with Gasteiger partial charge in [-0.15, -0.1) is 0 Å². The molecule has 0 radical (unpaired) electrons. The van der Waals surface area contributed by atoms with Crippen molar-refractivity contribution >= 4 is 5.78 Å². The minimum absolute atomic E-state index is 0.0263. The minimum Gasteiger partial charge on any atom is -0.392 e. The lowest BCUT2D eigenvalue weighted by Crippen LogP contribution is -2.15. The van der Waals surface area contributed by atoms with E-state index in [1.165, 1.54) is 0 Å². The number of carbonyl (C=O) groups is 1. The summed E-state index contributed by atoms with van der Waals surface area (Å²) in [6.45, 7) is 4.01. The Bertz CT molecular complexity index is 273. The van der Waals surface area contributed by atoms with Crippen molar-refractivity contribution in [2.24, 2.45) is 11.8 Å². The maximum absolute atomic E-state index is 11.6. The van der Waals surface area contributed by atoms with Gasteiger partial charge in [-0.2, -0.15) is 0 Å². The van der Waals surface area contributed by atoms with Crippen LogP contribution in [0.1, 0.15) is 46.0 Å². The van der Waals surface area contributed by atoms with E-state index in [0.717, 1.165) is 25.7 Å². The Hall–Kier alpha value is -0.670. The Morgan fingerprint density at radius 2 is 2.18 bits per heavy atom. The molecule has 1 rings (SSSR count). The summed E-state index contributed by atoms with van der Waals surface area (Å²) in [6.07, 6.45) is 6.80. The highest BCUT2D eigenvalue weighted by Gasteiger charge is 2.36. The van der Waals surface area contributed by atoms with Crippen LogP contribution in [0.3, 0.4) is 0 Å². The van der Waals surface area contributed by atoms with Crippen LogP contribution in [0.2, 0.25) is 0 Å². The van der Waals surface area contributed by atoms with Crippen LogP contribution in [0.25, 0.3) is 0 Å². The zero-order valence-electron chi connectivity index (χ0n) is 10.8. The Balaban J connectivity index is 2.39. The quantitative estimate of drug-likeness (QED) is 0.552. The summed E-state index contributed by atoms with van der Waals surface area (Å²) in [5.41, 5.74) is 0. The fraction of sp³-hybridized carbons (Fsp3) is 0.786. The molecule has 0 saturated heterocycles. The smallest absolute Gasteiger partial charge is 0.142 e. The monoisotopic (exact) mass is 240 g/mol. The van der Waals surface area contributed by atoms with Crippen LogP contribution in [0.15, 0.2) is 12.2 Å². The van der Waals surface area contributed by atoms with E-state index in [0.29, 0.717) is 0 Å². The highest BCUT2D eigenvalue weighted by atomic mass is 16.3. The highest BCUT2D eigenvalue weighted by molar-refractivity contribution is 5.85. The van der Waals surface area contributed by atoms with Gasteiger partial charge in [0.1, 0.15) is 5.78 Å². The van der Waals surface area contributed by atoms with Crippen molar-refractivity contribution in [1.29, 1.82) is 0 Å². The van der Waals surface area contributed by atoms with Gasteiger partial charge >= 0.3 is 0 Å². The number of hydrogen-bond acceptors (Lipinski definition) is 3. The summed E-state index contributed by atoms with van der Waals surface area (Å²) in [5, 5.41) is 19.3. The third kappa shape index (κ3) is 4.25. The van der Waals surface area contributed by atoms with Crippen LogP contribution < -0.4 is 0 Å². The fourth-order valence-electron chi connectivity index (χ4n) is 2.29. The van der Waals surface area contributed by atoms with Crippen molar-refractivity contribution in [3.8, 4) is 0 Å². The molecule has 98 valence electrons. The fourth-order valence-corrected chi connectivity index (χ4v) is 2.29. The number of aliphatic hydroxyl groups excluding tert-OH is 2. The third-order valence-corrected chi connectivity index (χ3v) is 3.60. The molecule has 1 aliphatic rings. The maximum Gasteiger partial charge on any atom is 0.142 e. The molecule has 1 aliphatic carbocycles. The molecule has 3 nitrogen and oxygen atoms in total. The van der Waals surface area contributed by atoms with Gasteiger partial charge in [0, 0.05) is 12.3 Å². The largest absolute Gasteiger partial charge is 0.392 e. The van der Waals surface area contributed by atoms with E-state index in [-0.39, 0.29) is 24.0 Å². The first-order chi connectivity index (χ1) is 8.06. The lowest BCUT2D eigenvalue weighted by atomic mass is 9.95. The van der Waals surface area contributed by atoms with Gasteiger partial charge in [0.2, 0.25) is 0 Å². The van der Waals surface area contributed by atoms with Gasteiger partial charge in [0.15, 0.2) is 0 Å². The normalized spacial score (nSPS) is 31.3. The van der Waals surface area contributed by atoms with E-state index in [4.69, 9.17) is 0 Å². The summed E-state index contributed by atoms with van der Waals surface area (Å²) < 4.78 is 0. The zero-order valence-corrected chi connectivity index (χ0v) is 10.8. The van der Waals surface area contributed by atoms with E-state index < -0.39 is 12.2 Å². The van der Waals surface area contributed by atoms with Crippen LogP contribution in [-0.2, 0) is 4.79 Å². The first-order valence-corrected chi connectivity index (χ1v) is 6.63. The van der Waals surface area contributed by atoms with Crippen LogP contribution >= 0.6 is 0 Å².